The van der Waals surface area contributed by atoms with Crippen LogP contribution in [0.1, 0.15) is 150 Å². The van der Waals surface area contributed by atoms with E-state index in [2.05, 4.69) is 0 Å². The van der Waals surface area contributed by atoms with Crippen LogP contribution in [-0.4, -0.2) is 54.3 Å². The Morgan fingerprint density at radius 2 is 0.590 bits per heavy atom. The van der Waals surface area contributed by atoms with E-state index in [1.807, 2.05) is 257 Å². The summed E-state index contributed by atoms with van der Waals surface area (Å²) >= 11 is 0. The summed E-state index contributed by atoms with van der Waals surface area (Å²) in [7, 11) is -6.20. The average molecular weight is 1400 g/mol. The summed E-state index contributed by atoms with van der Waals surface area (Å²) in [6.45, 7) is 4.33. The van der Waals surface area contributed by atoms with Crippen LogP contribution in [-0.2, 0) is 115 Å². The van der Waals surface area contributed by atoms with Gasteiger partial charge in [-0.1, -0.05) is 284 Å². The van der Waals surface area contributed by atoms with Crippen LogP contribution < -0.4 is 0 Å². The molecule has 18 heteroatoms. The van der Waals surface area contributed by atoms with Crippen molar-refractivity contribution in [1.29, 1.82) is 0 Å². The molecule has 6 atom stereocenters. The van der Waals surface area contributed by atoms with E-state index in [1.54, 1.807) is 0 Å². The highest BCUT2D eigenvalue weighted by Crippen LogP contribution is 2.56. The Balaban J connectivity index is 0.000000396. The Morgan fingerprint density at radius 3 is 0.890 bits per heavy atom. The van der Waals surface area contributed by atoms with Crippen LogP contribution in [0.3, 0.4) is 0 Å². The van der Waals surface area contributed by atoms with E-state index in [-0.39, 0.29) is 118 Å². The summed E-state index contributed by atoms with van der Waals surface area (Å²) < 4.78 is 74.9. The van der Waals surface area contributed by atoms with Crippen molar-refractivity contribution in [2.24, 2.45) is 17.8 Å². The smallest absolute Gasteiger partial charge is 0.461 e. The maximum absolute atomic E-state index is 15.7. The first-order valence-electron chi connectivity index (χ1n) is 33.4. The molecule has 0 heterocycles. The molecule has 8 aromatic carbocycles. The fraction of sp³-hybridized carbons (Fsp3) is 0.341. The average Bonchev–Trinajstić information content (AvgIpc) is 0.836. The van der Waals surface area contributed by atoms with Gasteiger partial charge in [0, 0.05) is 31.6 Å². The third-order valence-electron chi connectivity index (χ3n) is 15.9. The van der Waals surface area contributed by atoms with Crippen LogP contribution in [0.5, 0.6) is 0 Å². The zero-order chi connectivity index (χ0) is 69.4. The zero-order valence-electron chi connectivity index (χ0n) is 55.8. The van der Waals surface area contributed by atoms with Crippen LogP contribution in [0.25, 0.3) is 0 Å². The predicted molar refractivity (Wildman–Crippen MR) is 389 cm³/mol. The second kappa shape index (κ2) is 46.2. The molecule has 0 saturated carbocycles. The number of hydrogen-bond donors (Lipinski definition) is 0. The Morgan fingerprint density at radius 1 is 0.340 bits per heavy atom. The third kappa shape index (κ3) is 30.9. The number of esters is 6. The van der Waals surface area contributed by atoms with E-state index < -0.39 is 75.1 Å². The first-order chi connectivity index (χ1) is 47.7. The molecule has 0 aliphatic heterocycles. The molecular formula is C82H97O16P2+. The summed E-state index contributed by atoms with van der Waals surface area (Å²) in [6, 6.07) is 74.5. The molecule has 0 spiro atoms. The Kier molecular flexibility index (Phi) is 37.7. The van der Waals surface area contributed by atoms with Crippen molar-refractivity contribution in [3.8, 4) is 0 Å². The summed E-state index contributed by atoms with van der Waals surface area (Å²) in [4.78, 5) is 79.6. The molecule has 8 aromatic rings. The van der Waals surface area contributed by atoms with Gasteiger partial charge in [-0.2, -0.15) is 0 Å². The molecule has 8 rings (SSSR count). The fourth-order valence-electron chi connectivity index (χ4n) is 10.5. The minimum Gasteiger partial charge on any atom is -0.461 e. The van der Waals surface area contributed by atoms with E-state index in [1.165, 1.54) is 0 Å². The van der Waals surface area contributed by atoms with Crippen molar-refractivity contribution in [2.75, 3.05) is 18.5 Å². The van der Waals surface area contributed by atoms with Crippen molar-refractivity contribution in [2.45, 2.75) is 145 Å². The molecule has 0 bridgehead atoms. The van der Waals surface area contributed by atoms with Gasteiger partial charge in [0.15, 0.2) is 6.16 Å². The van der Waals surface area contributed by atoms with Gasteiger partial charge in [0.25, 0.3) is 0 Å². The van der Waals surface area contributed by atoms with E-state index in [9.17, 15) is 33.3 Å². The molecule has 16 nitrogen and oxygen atoms in total. The molecule has 0 N–H and O–H groups in total. The zero-order valence-corrected chi connectivity index (χ0v) is 57.6. The van der Waals surface area contributed by atoms with Crippen molar-refractivity contribution >= 4 is 51.2 Å². The Bertz CT molecular complexity index is 3560. The summed E-state index contributed by atoms with van der Waals surface area (Å²) in [5.41, 5.74) is 6.59. The number of carbonyl (C=O) groups is 6. The quantitative estimate of drug-likeness (QED) is 0.0199. The van der Waals surface area contributed by atoms with Gasteiger partial charge in [-0.15, -0.1) is 4.52 Å². The highest BCUT2D eigenvalue weighted by atomic mass is 31.2. The van der Waals surface area contributed by atoms with E-state index in [0.717, 1.165) is 50.9 Å². The first-order valence-corrected chi connectivity index (χ1v) is 36.8. The summed E-state index contributed by atoms with van der Waals surface area (Å²) in [5, 5.41) is 0. The number of rotatable bonds is 40. The molecule has 0 aliphatic carbocycles. The van der Waals surface area contributed by atoms with Crippen LogP contribution in [0.15, 0.2) is 243 Å². The lowest BCUT2D eigenvalue weighted by molar-refractivity contribution is -0.152. The highest BCUT2D eigenvalue weighted by Gasteiger charge is 2.40. The van der Waals surface area contributed by atoms with Crippen LogP contribution in [0.2, 0.25) is 0 Å². The number of hydrogen-bond acceptors (Lipinski definition) is 16. The van der Waals surface area contributed by atoms with Crippen molar-refractivity contribution in [1.82, 2.24) is 0 Å². The second-order valence-corrected chi connectivity index (χ2v) is 27.5. The molecule has 0 fully saturated rings. The van der Waals surface area contributed by atoms with Gasteiger partial charge in [-0.3, -0.25) is 33.3 Å². The Labute approximate surface area is 591 Å². The van der Waals surface area contributed by atoms with E-state index >= 15 is 4.57 Å². The minimum atomic E-state index is -4.03. The van der Waals surface area contributed by atoms with Crippen LogP contribution in [0, 0.1) is 17.8 Å². The molecule has 0 saturated heterocycles. The van der Waals surface area contributed by atoms with Crippen molar-refractivity contribution in [3.05, 3.63) is 287 Å². The first kappa shape index (κ1) is 81.5. The van der Waals surface area contributed by atoms with Crippen molar-refractivity contribution in [3.63, 3.8) is 0 Å². The van der Waals surface area contributed by atoms with E-state index in [4.69, 9.17) is 37.5 Å². The molecule has 0 aliphatic rings. The van der Waals surface area contributed by atoms with Crippen LogP contribution in [0.4, 0.5) is 0 Å². The summed E-state index contributed by atoms with van der Waals surface area (Å²) in [6.07, 6.45) is 0.839. The monoisotopic (exact) mass is 1400 g/mol. The lowest BCUT2D eigenvalue weighted by atomic mass is 10.1. The lowest BCUT2D eigenvalue weighted by Crippen LogP contribution is -2.28. The molecule has 0 aromatic heterocycles. The molecule has 0 amide bonds. The minimum absolute atomic E-state index is 0. The lowest BCUT2D eigenvalue weighted by Gasteiger charge is -2.30. The van der Waals surface area contributed by atoms with Gasteiger partial charge in [-0.05, 0) is 81.2 Å². The number of benzene rings is 8. The SMILES string of the molecule is C.C.CCC[C@@H](OP(=O)(CC(CCC(=O)OCc1ccccc1)C(=O)OCc1ccccc1)CC(CCC(=O)OCc1ccccc1)C(=O)OCc1ccccc1)c1ccccc1.CCC[C@@H](O[P+](=O)CC(CCC(=O)OCc1ccccc1)C(=O)OCc1ccccc1)c1ccccc1. The molecule has 530 valence electrons. The van der Waals surface area contributed by atoms with Gasteiger partial charge < -0.3 is 32.9 Å². The van der Waals surface area contributed by atoms with Gasteiger partial charge in [0.1, 0.15) is 51.7 Å². The van der Waals surface area contributed by atoms with Gasteiger partial charge in [0.05, 0.1) is 17.9 Å². The van der Waals surface area contributed by atoms with Gasteiger partial charge in [-0.25, -0.2) is 0 Å². The largest absolute Gasteiger partial charge is 0.509 e. The standard InChI is InChI=1S/C50H55O10P.C30H34O6P.2CH4/c1-2-18-46(43-27-16-7-17-28-43)60-61(55,37-44(49(53)58-35-41-23-12-5-13-24-41)29-31-47(51)56-33-39-19-8-3-9-20-39)38-45(50(54)59-36-42-25-14-6-15-26-42)30-32-48(52)57-34-40-21-10-4-11-22-40;1-2-12-28(26-17-10-5-11-18-26)36-37(33)23-27(30(32)35-22-25-15-8-4-9-16-25)19-20-29(31)34-21-24-13-6-3-7-14-24;;/h3-17,19-28,44-46H,2,18,29-38H2,1H3;3-11,13-18,27-28H,2,12,19-23H2,1H3;2*1H4/q;+1;;/t44?,45?,46-,61?;27?,28-;;/m11../s1. The highest BCUT2D eigenvalue weighted by molar-refractivity contribution is 7.59. The predicted octanol–water partition coefficient (Wildman–Crippen LogP) is 19.0. The Hall–Kier alpha value is -9.17. The van der Waals surface area contributed by atoms with Gasteiger partial charge >= 0.3 is 43.8 Å². The topological polar surface area (TPSA) is 210 Å². The van der Waals surface area contributed by atoms with Crippen LogP contribution >= 0.6 is 15.4 Å². The molecule has 100 heavy (non-hydrogen) atoms. The maximum Gasteiger partial charge on any atom is 0.509 e. The molecular weight excluding hydrogens is 1300 g/mol. The summed E-state index contributed by atoms with van der Waals surface area (Å²) in [5.74, 6) is -6.23. The maximum atomic E-state index is 15.7. The molecule has 0 radical (unpaired) electrons. The third-order valence-corrected chi connectivity index (χ3v) is 19.7. The fourth-order valence-corrected chi connectivity index (χ4v) is 14.9. The van der Waals surface area contributed by atoms with Crippen molar-refractivity contribution < 1.29 is 75.4 Å². The normalized spacial score (nSPS) is 13.0. The molecule has 4 unspecified atom stereocenters. The van der Waals surface area contributed by atoms with E-state index in [0.29, 0.717) is 19.3 Å². The number of ether oxygens (including phenoxy) is 6. The van der Waals surface area contributed by atoms with Gasteiger partial charge in [0.2, 0.25) is 7.37 Å². The second-order valence-electron chi connectivity index (χ2n) is 23.7. The number of carbonyl (C=O) groups excluding carboxylic acids is 6.